The normalized spacial score (nSPS) is 14.6. The minimum absolute atomic E-state index is 0.00396. The van der Waals surface area contributed by atoms with E-state index >= 15 is 0 Å². The topological polar surface area (TPSA) is 110 Å². The number of carbonyl (C=O) groups is 3. The summed E-state index contributed by atoms with van der Waals surface area (Å²) in [4.78, 5) is 48.5. The van der Waals surface area contributed by atoms with Crippen molar-refractivity contribution < 1.29 is 37.2 Å². The van der Waals surface area contributed by atoms with Crippen LogP contribution in [-0.2, 0) is 15.8 Å². The highest BCUT2D eigenvalue weighted by Crippen LogP contribution is 2.42. The molecule has 0 spiro atoms. The summed E-state index contributed by atoms with van der Waals surface area (Å²) in [6.45, 7) is 0. The SMILES string of the molecule is CN1C(=O)C(=Cc2cc(Br)c(Oc3ccc(C(F)(F)F)cc3[N+](=O)[O-])c(Br)c2)C(=O)N(C)C1=O. The van der Waals surface area contributed by atoms with Crippen LogP contribution in [0.5, 0.6) is 11.5 Å². The van der Waals surface area contributed by atoms with E-state index in [0.717, 1.165) is 15.9 Å². The van der Waals surface area contributed by atoms with Crippen molar-refractivity contribution in [1.82, 2.24) is 9.80 Å². The Balaban J connectivity index is 2.00. The van der Waals surface area contributed by atoms with E-state index in [-0.39, 0.29) is 20.3 Å². The molecule has 0 N–H and O–H groups in total. The van der Waals surface area contributed by atoms with Gasteiger partial charge in [0.05, 0.1) is 19.4 Å². The standard InChI is InChI=1S/C20H12Br2F3N3O6/c1-26-17(29)11(18(30)27(2)19(26)31)5-9-6-12(21)16(13(22)7-9)34-15-4-3-10(20(23,24)25)8-14(15)28(32)33/h3-8H,1-2H3. The van der Waals surface area contributed by atoms with Crippen LogP contribution in [0.15, 0.2) is 44.9 Å². The summed E-state index contributed by atoms with van der Waals surface area (Å²) in [5.74, 6) is -2.05. The summed E-state index contributed by atoms with van der Waals surface area (Å²) >= 11 is 6.43. The number of nitro groups is 1. The maximum absolute atomic E-state index is 12.9. The number of ether oxygens (including phenoxy) is 1. The maximum atomic E-state index is 12.9. The molecule has 14 heteroatoms. The summed E-state index contributed by atoms with van der Waals surface area (Å²) in [6.07, 6.45) is -3.54. The van der Waals surface area contributed by atoms with Crippen molar-refractivity contribution in [3.8, 4) is 11.5 Å². The number of nitrogens with zero attached hydrogens (tertiary/aromatic N) is 3. The molecule has 0 atom stereocenters. The van der Waals surface area contributed by atoms with Gasteiger partial charge in [-0.25, -0.2) is 4.79 Å². The lowest BCUT2D eigenvalue weighted by Gasteiger charge is -2.28. The number of halogens is 5. The summed E-state index contributed by atoms with van der Waals surface area (Å²) in [5.41, 5.74) is -2.06. The van der Waals surface area contributed by atoms with E-state index in [9.17, 15) is 37.7 Å². The van der Waals surface area contributed by atoms with Crippen molar-refractivity contribution in [2.45, 2.75) is 6.18 Å². The van der Waals surface area contributed by atoms with Crippen LogP contribution in [0, 0.1) is 10.1 Å². The molecule has 3 rings (SSSR count). The Bertz CT molecular complexity index is 1230. The zero-order chi connectivity index (χ0) is 25.5. The van der Waals surface area contributed by atoms with Crippen molar-refractivity contribution in [1.29, 1.82) is 0 Å². The van der Waals surface area contributed by atoms with E-state index in [1.54, 1.807) is 0 Å². The number of benzene rings is 2. The molecule has 2 aromatic rings. The molecular weight excluding hydrogens is 595 g/mol. The molecule has 0 saturated carbocycles. The highest BCUT2D eigenvalue weighted by atomic mass is 79.9. The predicted octanol–water partition coefficient (Wildman–Crippen LogP) is 5.36. The summed E-state index contributed by atoms with van der Waals surface area (Å²) in [6, 6.07) is 3.90. The second-order valence-electron chi connectivity index (χ2n) is 6.92. The number of alkyl halides is 3. The number of imide groups is 2. The first-order valence-electron chi connectivity index (χ1n) is 9.06. The summed E-state index contributed by atoms with van der Waals surface area (Å²) in [7, 11) is 2.45. The zero-order valence-corrected chi connectivity index (χ0v) is 20.3. The van der Waals surface area contributed by atoms with E-state index in [0.29, 0.717) is 17.7 Å². The van der Waals surface area contributed by atoms with Crippen LogP contribution in [0.1, 0.15) is 11.1 Å². The first-order valence-corrected chi connectivity index (χ1v) is 10.6. The highest BCUT2D eigenvalue weighted by molar-refractivity contribution is 9.11. The number of nitro benzene ring substituents is 1. The van der Waals surface area contributed by atoms with E-state index < -0.39 is 45.9 Å². The van der Waals surface area contributed by atoms with Gasteiger partial charge in [0.15, 0.2) is 5.75 Å². The average Bonchev–Trinajstić information content (AvgIpc) is 2.75. The minimum atomic E-state index is -4.78. The summed E-state index contributed by atoms with van der Waals surface area (Å²) in [5, 5.41) is 11.3. The lowest BCUT2D eigenvalue weighted by molar-refractivity contribution is -0.385. The maximum Gasteiger partial charge on any atom is 0.416 e. The second kappa shape index (κ2) is 9.18. The monoisotopic (exact) mass is 605 g/mol. The van der Waals surface area contributed by atoms with Crippen molar-refractivity contribution in [2.24, 2.45) is 0 Å². The third-order valence-corrected chi connectivity index (χ3v) is 5.85. The van der Waals surface area contributed by atoms with Gasteiger partial charge in [0.2, 0.25) is 5.75 Å². The summed E-state index contributed by atoms with van der Waals surface area (Å²) < 4.78 is 44.7. The number of rotatable bonds is 4. The Kier molecular flexibility index (Phi) is 6.85. The quantitative estimate of drug-likeness (QED) is 0.200. The van der Waals surface area contributed by atoms with Crippen LogP contribution in [-0.4, -0.2) is 46.7 Å². The van der Waals surface area contributed by atoms with E-state index in [2.05, 4.69) is 31.9 Å². The number of urea groups is 1. The van der Waals surface area contributed by atoms with Crippen molar-refractivity contribution >= 4 is 61.5 Å². The highest BCUT2D eigenvalue weighted by Gasteiger charge is 2.38. The van der Waals surface area contributed by atoms with Gasteiger partial charge in [-0.05, 0) is 67.8 Å². The third kappa shape index (κ3) is 4.82. The van der Waals surface area contributed by atoms with E-state index in [1.165, 1.54) is 32.3 Å². The molecule has 178 valence electrons. The molecule has 0 bridgehead atoms. The van der Waals surface area contributed by atoms with Gasteiger partial charge in [0.1, 0.15) is 5.57 Å². The van der Waals surface area contributed by atoms with Crippen molar-refractivity contribution in [3.05, 3.63) is 66.1 Å². The smallest absolute Gasteiger partial charge is 0.416 e. The van der Waals surface area contributed by atoms with Crippen LogP contribution >= 0.6 is 31.9 Å². The van der Waals surface area contributed by atoms with Crippen LogP contribution in [0.3, 0.4) is 0 Å². The molecule has 1 fully saturated rings. The molecule has 1 heterocycles. The van der Waals surface area contributed by atoms with Gasteiger partial charge in [-0.2, -0.15) is 13.2 Å². The van der Waals surface area contributed by atoms with Gasteiger partial charge in [0, 0.05) is 20.2 Å². The molecule has 1 saturated heterocycles. The molecular formula is C20H12Br2F3N3O6. The number of hydrogen-bond donors (Lipinski definition) is 0. The fourth-order valence-corrected chi connectivity index (χ4v) is 4.32. The van der Waals surface area contributed by atoms with Crippen LogP contribution < -0.4 is 4.74 Å². The molecule has 0 aromatic heterocycles. The second-order valence-corrected chi connectivity index (χ2v) is 8.63. The Hall–Kier alpha value is -3.26. The number of amides is 4. The Morgan fingerprint density at radius 3 is 2.00 bits per heavy atom. The molecule has 1 aliphatic heterocycles. The minimum Gasteiger partial charge on any atom is -0.448 e. The van der Waals surface area contributed by atoms with Gasteiger partial charge in [-0.15, -0.1) is 0 Å². The number of hydrogen-bond acceptors (Lipinski definition) is 6. The fraction of sp³-hybridized carbons (Fsp3) is 0.150. The van der Waals surface area contributed by atoms with Gasteiger partial charge < -0.3 is 4.74 Å². The molecule has 1 aliphatic rings. The van der Waals surface area contributed by atoms with Crippen LogP contribution in [0.25, 0.3) is 6.08 Å². The molecule has 0 aliphatic carbocycles. The van der Waals surface area contributed by atoms with Crippen molar-refractivity contribution in [3.63, 3.8) is 0 Å². The predicted molar refractivity (Wildman–Crippen MR) is 119 cm³/mol. The Morgan fingerprint density at radius 1 is 1.00 bits per heavy atom. The third-order valence-electron chi connectivity index (χ3n) is 4.67. The van der Waals surface area contributed by atoms with Crippen molar-refractivity contribution in [2.75, 3.05) is 14.1 Å². The molecule has 0 unspecified atom stereocenters. The van der Waals surface area contributed by atoms with E-state index in [4.69, 9.17) is 4.74 Å². The van der Waals surface area contributed by atoms with Gasteiger partial charge in [-0.1, -0.05) is 0 Å². The first-order chi connectivity index (χ1) is 15.7. The van der Waals surface area contributed by atoms with Crippen LogP contribution in [0.2, 0.25) is 0 Å². The fourth-order valence-electron chi connectivity index (χ4n) is 2.93. The largest absolute Gasteiger partial charge is 0.448 e. The first kappa shape index (κ1) is 25.4. The Labute approximate surface area is 206 Å². The lowest BCUT2D eigenvalue weighted by atomic mass is 10.1. The van der Waals surface area contributed by atoms with Gasteiger partial charge >= 0.3 is 17.9 Å². The zero-order valence-electron chi connectivity index (χ0n) is 17.1. The lowest BCUT2D eigenvalue weighted by Crippen LogP contribution is -2.52. The molecule has 2 aromatic carbocycles. The molecule has 4 amide bonds. The molecule has 34 heavy (non-hydrogen) atoms. The van der Waals surface area contributed by atoms with Crippen LogP contribution in [0.4, 0.5) is 23.7 Å². The number of carbonyl (C=O) groups excluding carboxylic acids is 3. The molecule has 0 radical (unpaired) electrons. The number of likely N-dealkylation sites (N-methyl/N-ethyl adjacent to an activating group) is 2. The van der Waals surface area contributed by atoms with E-state index in [1.807, 2.05) is 0 Å². The Morgan fingerprint density at radius 2 is 1.53 bits per heavy atom. The average molecular weight is 607 g/mol. The number of barbiturate groups is 1. The molecule has 9 nitrogen and oxygen atoms in total. The van der Waals surface area contributed by atoms with Gasteiger partial charge in [-0.3, -0.25) is 29.5 Å². The van der Waals surface area contributed by atoms with Gasteiger partial charge in [0.25, 0.3) is 11.8 Å².